The number of hydrogen-bond donors (Lipinski definition) is 0. The van der Waals surface area contributed by atoms with Crippen LogP contribution in [0.3, 0.4) is 0 Å². The van der Waals surface area contributed by atoms with Crippen LogP contribution in [0.15, 0.2) is 0 Å². The van der Waals surface area contributed by atoms with Crippen molar-refractivity contribution in [2.24, 2.45) is 0 Å². The summed E-state index contributed by atoms with van der Waals surface area (Å²) in [6.45, 7) is 0. The van der Waals surface area contributed by atoms with Crippen LogP contribution in [-0.4, -0.2) is 5.97 Å². The Balaban J connectivity index is 2.57. The summed E-state index contributed by atoms with van der Waals surface area (Å²) in [7, 11) is 0. The molecule has 92 valence electrons. The van der Waals surface area contributed by atoms with Crippen LogP contribution < -0.4 is 0 Å². The highest BCUT2D eigenvalue weighted by Crippen LogP contribution is 2.35. The van der Waals surface area contributed by atoms with E-state index in [0.717, 1.165) is 0 Å². The molecule has 0 N–H and O–H groups in total. The van der Waals surface area contributed by atoms with Crippen molar-refractivity contribution in [2.45, 2.75) is 18.9 Å². The van der Waals surface area contributed by atoms with Crippen molar-refractivity contribution in [2.75, 3.05) is 0 Å². The molecule has 1 aromatic rings. The molecule has 1 saturated heterocycles. The van der Waals surface area contributed by atoms with Crippen LogP contribution in [0.2, 0.25) is 0 Å². The number of hydrogen-bond acceptors (Lipinski definition) is 2. The van der Waals surface area contributed by atoms with Crippen molar-refractivity contribution >= 4 is 5.97 Å². The largest absolute Gasteiger partial charge is 0.457 e. The molecule has 0 aromatic heterocycles. The lowest BCUT2D eigenvalue weighted by Gasteiger charge is -2.13. The number of carbonyl (C=O) groups excluding carboxylic acids is 1. The van der Waals surface area contributed by atoms with Gasteiger partial charge in [0, 0.05) is 6.42 Å². The molecule has 1 aromatic carbocycles. The zero-order valence-corrected chi connectivity index (χ0v) is 8.20. The monoisotopic (exact) mass is 252 g/mol. The van der Waals surface area contributed by atoms with Crippen LogP contribution >= 0.6 is 0 Å². The molecule has 1 heterocycles. The quantitative estimate of drug-likeness (QED) is 0.332. The Labute approximate surface area is 92.0 Å². The van der Waals surface area contributed by atoms with Gasteiger partial charge in [-0.25, -0.2) is 22.0 Å². The molecule has 2 rings (SSSR count). The summed E-state index contributed by atoms with van der Waals surface area (Å²) < 4.78 is 69.5. The Hall–Kier alpha value is -1.66. The number of cyclic esters (lactones) is 1. The van der Waals surface area contributed by atoms with Crippen molar-refractivity contribution in [3.8, 4) is 0 Å². The number of rotatable bonds is 1. The van der Waals surface area contributed by atoms with E-state index in [4.69, 9.17) is 0 Å². The summed E-state index contributed by atoms with van der Waals surface area (Å²) >= 11 is 0. The van der Waals surface area contributed by atoms with Gasteiger partial charge in [-0.2, -0.15) is 0 Å². The summed E-state index contributed by atoms with van der Waals surface area (Å²) in [5, 5.41) is 0. The third kappa shape index (κ3) is 1.75. The molecule has 2 nitrogen and oxygen atoms in total. The highest BCUT2D eigenvalue weighted by atomic mass is 19.2. The van der Waals surface area contributed by atoms with E-state index in [1.807, 2.05) is 0 Å². The van der Waals surface area contributed by atoms with Gasteiger partial charge in [0.1, 0.15) is 6.10 Å². The SMILES string of the molecule is O=C1CCC(c2c(F)c(F)c(F)c(F)c2F)O1. The van der Waals surface area contributed by atoms with Crippen molar-refractivity contribution < 1.29 is 31.5 Å². The molecule has 0 radical (unpaired) electrons. The molecular weight excluding hydrogens is 247 g/mol. The average Bonchev–Trinajstić information content (AvgIpc) is 2.71. The molecule has 7 heteroatoms. The number of ether oxygens (including phenoxy) is 1. The fraction of sp³-hybridized carbons (Fsp3) is 0.300. The molecule has 1 aliphatic heterocycles. The third-order valence-electron chi connectivity index (χ3n) is 2.45. The fourth-order valence-corrected chi connectivity index (χ4v) is 1.63. The first-order chi connectivity index (χ1) is 7.93. The first-order valence-corrected chi connectivity index (χ1v) is 4.64. The second-order valence-electron chi connectivity index (χ2n) is 3.50. The lowest BCUT2D eigenvalue weighted by molar-refractivity contribution is -0.141. The fourth-order valence-electron chi connectivity index (χ4n) is 1.63. The predicted molar refractivity (Wildman–Crippen MR) is 44.3 cm³/mol. The van der Waals surface area contributed by atoms with Crippen LogP contribution in [0.4, 0.5) is 22.0 Å². The van der Waals surface area contributed by atoms with E-state index in [1.54, 1.807) is 0 Å². The Morgan fingerprint density at radius 1 is 0.882 bits per heavy atom. The molecule has 1 aliphatic rings. The van der Waals surface area contributed by atoms with Crippen LogP contribution in [0.1, 0.15) is 24.5 Å². The third-order valence-corrected chi connectivity index (χ3v) is 2.45. The van der Waals surface area contributed by atoms with Crippen LogP contribution in [0.5, 0.6) is 0 Å². The van der Waals surface area contributed by atoms with E-state index in [1.165, 1.54) is 0 Å². The van der Waals surface area contributed by atoms with Gasteiger partial charge in [-0.15, -0.1) is 0 Å². The van der Waals surface area contributed by atoms with Crippen LogP contribution in [0, 0.1) is 29.1 Å². The van der Waals surface area contributed by atoms with E-state index in [0.29, 0.717) is 0 Å². The maximum Gasteiger partial charge on any atom is 0.306 e. The van der Waals surface area contributed by atoms with E-state index in [2.05, 4.69) is 4.74 Å². The van der Waals surface area contributed by atoms with Gasteiger partial charge in [-0.05, 0) is 6.42 Å². The summed E-state index contributed by atoms with van der Waals surface area (Å²) in [5.74, 6) is -11.0. The van der Waals surface area contributed by atoms with Gasteiger partial charge in [-0.1, -0.05) is 0 Å². The van der Waals surface area contributed by atoms with Crippen molar-refractivity contribution in [3.05, 3.63) is 34.6 Å². The highest BCUT2D eigenvalue weighted by molar-refractivity contribution is 5.71. The first-order valence-electron chi connectivity index (χ1n) is 4.64. The van der Waals surface area contributed by atoms with Crippen LogP contribution in [-0.2, 0) is 9.53 Å². The standard InChI is InChI=1S/C10H5F5O2/c11-6-5(3-1-2-4(16)17-3)7(12)9(14)10(15)8(6)13/h3H,1-2H2. The van der Waals surface area contributed by atoms with Crippen molar-refractivity contribution in [3.63, 3.8) is 0 Å². The van der Waals surface area contributed by atoms with Crippen LogP contribution in [0.25, 0.3) is 0 Å². The second kappa shape index (κ2) is 3.97. The normalized spacial score (nSPS) is 19.6. The van der Waals surface area contributed by atoms with Gasteiger partial charge in [0.15, 0.2) is 23.3 Å². The van der Waals surface area contributed by atoms with Gasteiger partial charge >= 0.3 is 5.97 Å². The Bertz CT molecular complexity index is 471. The van der Waals surface area contributed by atoms with Crippen molar-refractivity contribution in [1.29, 1.82) is 0 Å². The maximum absolute atomic E-state index is 13.3. The zero-order valence-electron chi connectivity index (χ0n) is 8.20. The molecular formula is C10H5F5O2. The lowest BCUT2D eigenvalue weighted by atomic mass is 10.0. The van der Waals surface area contributed by atoms with E-state index in [-0.39, 0.29) is 12.8 Å². The molecule has 1 unspecified atom stereocenters. The van der Waals surface area contributed by atoms with E-state index < -0.39 is 46.7 Å². The smallest absolute Gasteiger partial charge is 0.306 e. The Kier molecular flexibility index (Phi) is 2.76. The number of halogens is 5. The summed E-state index contributed by atoms with van der Waals surface area (Å²) in [5.41, 5.74) is -1.09. The maximum atomic E-state index is 13.3. The van der Waals surface area contributed by atoms with E-state index >= 15 is 0 Å². The molecule has 17 heavy (non-hydrogen) atoms. The molecule has 0 saturated carbocycles. The predicted octanol–water partition coefficient (Wildman–Crippen LogP) is 2.76. The summed E-state index contributed by atoms with van der Waals surface area (Å²) in [4.78, 5) is 10.8. The average molecular weight is 252 g/mol. The van der Waals surface area contributed by atoms with Gasteiger partial charge in [-0.3, -0.25) is 4.79 Å². The van der Waals surface area contributed by atoms with E-state index in [9.17, 15) is 26.7 Å². The minimum atomic E-state index is -2.23. The molecule has 0 spiro atoms. The molecule has 1 fully saturated rings. The Morgan fingerprint density at radius 2 is 1.35 bits per heavy atom. The minimum absolute atomic E-state index is 0.114. The van der Waals surface area contributed by atoms with Crippen molar-refractivity contribution in [1.82, 2.24) is 0 Å². The highest BCUT2D eigenvalue weighted by Gasteiger charge is 2.35. The van der Waals surface area contributed by atoms with Gasteiger partial charge in [0.05, 0.1) is 5.56 Å². The zero-order chi connectivity index (χ0) is 12.7. The topological polar surface area (TPSA) is 26.3 Å². The number of benzene rings is 1. The number of carbonyl (C=O) groups is 1. The van der Waals surface area contributed by atoms with Gasteiger partial charge in [0.2, 0.25) is 5.82 Å². The summed E-state index contributed by atoms with van der Waals surface area (Å²) in [6, 6.07) is 0. The molecule has 1 atom stereocenters. The van der Waals surface area contributed by atoms with Gasteiger partial charge in [0.25, 0.3) is 0 Å². The number of esters is 1. The van der Waals surface area contributed by atoms with Gasteiger partial charge < -0.3 is 4.74 Å². The lowest BCUT2D eigenvalue weighted by Crippen LogP contribution is -2.11. The molecule has 0 bridgehead atoms. The summed E-state index contributed by atoms with van der Waals surface area (Å²) in [6.07, 6.45) is -1.66. The minimum Gasteiger partial charge on any atom is -0.457 e. The first kappa shape index (κ1) is 11.8. The second-order valence-corrected chi connectivity index (χ2v) is 3.50. The Morgan fingerprint density at radius 3 is 1.76 bits per heavy atom. The molecule has 0 amide bonds. The molecule has 0 aliphatic carbocycles.